The zero-order valence-corrected chi connectivity index (χ0v) is 19.1. The SMILES string of the molecule is COc1cc(C2c3c(-c4ccc(Cl)cc4)n[nH]c3C(=O)N2CC2CCCO2)cc(OC)c1O. The molecule has 1 aromatic heterocycles. The smallest absolute Gasteiger partial charge is 0.273 e. The van der Waals surface area contributed by atoms with Gasteiger partial charge >= 0.3 is 0 Å². The van der Waals surface area contributed by atoms with E-state index in [1.807, 2.05) is 12.1 Å². The lowest BCUT2D eigenvalue weighted by Gasteiger charge is -2.29. The van der Waals surface area contributed by atoms with Crippen LogP contribution >= 0.6 is 11.6 Å². The first-order valence-electron chi connectivity index (χ1n) is 10.7. The highest BCUT2D eigenvalue weighted by Crippen LogP contribution is 2.47. The number of benzene rings is 2. The first kappa shape index (κ1) is 21.6. The van der Waals surface area contributed by atoms with E-state index in [4.69, 9.17) is 25.8 Å². The Morgan fingerprint density at radius 2 is 1.91 bits per heavy atom. The van der Waals surface area contributed by atoms with E-state index in [0.29, 0.717) is 29.6 Å². The first-order chi connectivity index (χ1) is 16.0. The fourth-order valence-electron chi connectivity index (χ4n) is 4.64. The molecule has 2 aliphatic rings. The van der Waals surface area contributed by atoms with Gasteiger partial charge in [0.2, 0.25) is 5.75 Å². The number of phenolic OH excluding ortho intramolecular Hbond substituents is 1. The molecule has 2 aliphatic heterocycles. The molecule has 5 rings (SSSR count). The minimum Gasteiger partial charge on any atom is -0.502 e. The Kier molecular flexibility index (Phi) is 5.64. The van der Waals surface area contributed by atoms with Crippen LogP contribution in [-0.4, -0.2) is 59.6 Å². The van der Waals surface area contributed by atoms with Gasteiger partial charge in [0.15, 0.2) is 11.5 Å². The Hall–Kier alpha value is -3.23. The molecule has 172 valence electrons. The number of phenols is 1. The molecule has 2 aromatic carbocycles. The monoisotopic (exact) mass is 469 g/mol. The van der Waals surface area contributed by atoms with Gasteiger partial charge in [-0.15, -0.1) is 0 Å². The molecule has 0 aliphatic carbocycles. The summed E-state index contributed by atoms with van der Waals surface area (Å²) in [6.07, 6.45) is 1.84. The molecule has 2 atom stereocenters. The average Bonchev–Trinajstić information content (AvgIpc) is 3.54. The van der Waals surface area contributed by atoms with Crippen LogP contribution in [0.25, 0.3) is 11.3 Å². The van der Waals surface area contributed by atoms with Crippen LogP contribution in [0.5, 0.6) is 17.2 Å². The van der Waals surface area contributed by atoms with Gasteiger partial charge in [0.05, 0.1) is 32.1 Å². The molecule has 2 unspecified atom stereocenters. The standard InChI is InChI=1S/C24H24ClN3O5/c1-31-17-10-14(11-18(32-2)23(17)29)22-19-20(13-5-7-15(25)8-6-13)26-27-21(19)24(30)28(22)12-16-4-3-9-33-16/h5-8,10-11,16,22,29H,3-4,9,12H2,1-2H3,(H,26,27). The summed E-state index contributed by atoms with van der Waals surface area (Å²) in [5.41, 5.74) is 3.44. The summed E-state index contributed by atoms with van der Waals surface area (Å²) in [4.78, 5) is 15.3. The number of amides is 1. The molecule has 1 fully saturated rings. The highest BCUT2D eigenvalue weighted by Gasteiger charge is 2.44. The zero-order valence-electron chi connectivity index (χ0n) is 18.3. The first-order valence-corrected chi connectivity index (χ1v) is 11.1. The van der Waals surface area contributed by atoms with Crippen molar-refractivity contribution in [3.8, 4) is 28.5 Å². The maximum Gasteiger partial charge on any atom is 0.273 e. The van der Waals surface area contributed by atoms with Crippen molar-refractivity contribution >= 4 is 17.5 Å². The lowest BCUT2D eigenvalue weighted by atomic mass is 9.95. The van der Waals surface area contributed by atoms with E-state index in [9.17, 15) is 9.90 Å². The molecule has 0 spiro atoms. The van der Waals surface area contributed by atoms with Crippen molar-refractivity contribution in [1.29, 1.82) is 0 Å². The van der Waals surface area contributed by atoms with Crippen molar-refractivity contribution < 1.29 is 24.1 Å². The van der Waals surface area contributed by atoms with Gasteiger partial charge in [-0.1, -0.05) is 23.7 Å². The average molecular weight is 470 g/mol. The molecule has 0 radical (unpaired) electrons. The van der Waals surface area contributed by atoms with E-state index >= 15 is 0 Å². The van der Waals surface area contributed by atoms with Crippen molar-refractivity contribution in [3.63, 3.8) is 0 Å². The van der Waals surface area contributed by atoms with Crippen LogP contribution in [0.15, 0.2) is 36.4 Å². The van der Waals surface area contributed by atoms with Crippen molar-refractivity contribution in [1.82, 2.24) is 15.1 Å². The Labute approximate surface area is 196 Å². The van der Waals surface area contributed by atoms with Crippen LogP contribution in [-0.2, 0) is 4.74 Å². The number of hydrogen-bond donors (Lipinski definition) is 2. The predicted octanol–water partition coefficient (Wildman–Crippen LogP) is 4.18. The van der Waals surface area contributed by atoms with Gasteiger partial charge in [0, 0.05) is 29.3 Å². The lowest BCUT2D eigenvalue weighted by molar-refractivity contribution is 0.0495. The highest BCUT2D eigenvalue weighted by molar-refractivity contribution is 6.30. The highest BCUT2D eigenvalue weighted by atomic mass is 35.5. The van der Waals surface area contributed by atoms with Gasteiger partial charge in [0.1, 0.15) is 5.69 Å². The largest absolute Gasteiger partial charge is 0.502 e. The van der Waals surface area contributed by atoms with Gasteiger partial charge in [-0.2, -0.15) is 5.10 Å². The number of methoxy groups -OCH3 is 2. The number of carbonyl (C=O) groups excluding carboxylic acids is 1. The third kappa shape index (κ3) is 3.69. The minimum absolute atomic E-state index is 0.0340. The fourth-order valence-corrected chi connectivity index (χ4v) is 4.76. The Bertz CT molecular complexity index is 1160. The van der Waals surface area contributed by atoms with Crippen LogP contribution in [0.1, 0.15) is 40.5 Å². The summed E-state index contributed by atoms with van der Waals surface area (Å²) < 4.78 is 16.6. The number of nitrogens with zero attached hydrogens (tertiary/aromatic N) is 2. The molecular weight excluding hydrogens is 446 g/mol. The Morgan fingerprint density at radius 1 is 1.21 bits per heavy atom. The quantitative estimate of drug-likeness (QED) is 0.562. The normalized spacial score (nSPS) is 19.7. The van der Waals surface area contributed by atoms with E-state index in [1.165, 1.54) is 14.2 Å². The summed E-state index contributed by atoms with van der Waals surface area (Å²) in [7, 11) is 2.95. The maximum absolute atomic E-state index is 13.5. The van der Waals surface area contributed by atoms with E-state index in [-0.39, 0.29) is 29.3 Å². The van der Waals surface area contributed by atoms with Crippen LogP contribution in [0.4, 0.5) is 0 Å². The third-order valence-corrected chi connectivity index (χ3v) is 6.48. The van der Waals surface area contributed by atoms with Crippen LogP contribution in [0, 0.1) is 0 Å². The van der Waals surface area contributed by atoms with Crippen molar-refractivity contribution in [3.05, 3.63) is 58.2 Å². The lowest BCUT2D eigenvalue weighted by Crippen LogP contribution is -2.36. The molecule has 9 heteroatoms. The summed E-state index contributed by atoms with van der Waals surface area (Å²) in [5, 5.41) is 18.5. The molecule has 8 nitrogen and oxygen atoms in total. The number of aromatic amines is 1. The van der Waals surface area contributed by atoms with E-state index < -0.39 is 6.04 Å². The van der Waals surface area contributed by atoms with Crippen LogP contribution in [0.2, 0.25) is 5.02 Å². The predicted molar refractivity (Wildman–Crippen MR) is 122 cm³/mol. The van der Waals surface area contributed by atoms with Gasteiger partial charge < -0.3 is 24.2 Å². The number of H-pyrrole nitrogens is 1. The summed E-state index contributed by atoms with van der Waals surface area (Å²) in [5.74, 6) is 0.283. The third-order valence-electron chi connectivity index (χ3n) is 6.22. The number of aromatic nitrogens is 2. The number of ether oxygens (including phenoxy) is 3. The van der Waals surface area contributed by atoms with Crippen molar-refractivity contribution in [2.75, 3.05) is 27.4 Å². The number of halogens is 1. The number of rotatable bonds is 6. The molecule has 2 N–H and O–H groups in total. The second-order valence-electron chi connectivity index (χ2n) is 8.14. The van der Waals surface area contributed by atoms with Gasteiger partial charge in [-0.25, -0.2) is 0 Å². The number of aromatic hydroxyl groups is 1. The Morgan fingerprint density at radius 3 is 2.52 bits per heavy atom. The van der Waals surface area contributed by atoms with Gasteiger partial charge in [-0.3, -0.25) is 9.89 Å². The van der Waals surface area contributed by atoms with Crippen LogP contribution in [0.3, 0.4) is 0 Å². The summed E-state index contributed by atoms with van der Waals surface area (Å²) in [6, 6.07) is 10.3. The van der Waals surface area contributed by atoms with Gasteiger partial charge in [-0.05, 0) is 42.7 Å². The number of fused-ring (bicyclic) bond motifs is 1. The molecule has 1 amide bonds. The second-order valence-corrected chi connectivity index (χ2v) is 8.57. The van der Waals surface area contributed by atoms with Crippen LogP contribution < -0.4 is 9.47 Å². The van der Waals surface area contributed by atoms with E-state index in [0.717, 1.165) is 29.5 Å². The molecule has 3 aromatic rings. The zero-order chi connectivity index (χ0) is 23.1. The number of nitrogens with one attached hydrogen (secondary N) is 1. The topological polar surface area (TPSA) is 96.9 Å². The molecule has 0 bridgehead atoms. The summed E-state index contributed by atoms with van der Waals surface area (Å²) >= 11 is 6.08. The van der Waals surface area contributed by atoms with E-state index in [1.54, 1.807) is 29.2 Å². The minimum atomic E-state index is -0.468. The molecular formula is C24H24ClN3O5. The number of hydrogen-bond acceptors (Lipinski definition) is 6. The maximum atomic E-state index is 13.5. The fraction of sp³-hybridized carbons (Fsp3) is 0.333. The molecule has 1 saturated heterocycles. The van der Waals surface area contributed by atoms with Crippen molar-refractivity contribution in [2.24, 2.45) is 0 Å². The van der Waals surface area contributed by atoms with Crippen molar-refractivity contribution in [2.45, 2.75) is 25.0 Å². The second kappa shape index (κ2) is 8.61. The van der Waals surface area contributed by atoms with Gasteiger partial charge in [0.25, 0.3) is 5.91 Å². The van der Waals surface area contributed by atoms with E-state index in [2.05, 4.69) is 10.2 Å². The molecule has 0 saturated carbocycles. The number of carbonyl (C=O) groups is 1. The summed E-state index contributed by atoms with van der Waals surface area (Å²) in [6.45, 7) is 1.14. The molecule has 3 heterocycles. The molecule has 33 heavy (non-hydrogen) atoms. The Balaban J connectivity index is 1.67.